The van der Waals surface area contributed by atoms with Crippen molar-refractivity contribution in [3.63, 3.8) is 0 Å². The van der Waals surface area contributed by atoms with Gasteiger partial charge < -0.3 is 10.2 Å². The van der Waals surface area contributed by atoms with Crippen LogP contribution in [0.4, 0.5) is 0 Å². The molecule has 0 saturated carbocycles. The Hall–Kier alpha value is -3.31. The topological polar surface area (TPSA) is 49.4 Å². The van der Waals surface area contributed by atoms with Gasteiger partial charge in [0, 0.05) is 31.7 Å². The lowest BCUT2D eigenvalue weighted by Gasteiger charge is -2.36. The predicted molar refractivity (Wildman–Crippen MR) is 192 cm³/mol. The van der Waals surface area contributed by atoms with Crippen LogP contribution in [-0.4, -0.2) is 42.1 Å². The molecule has 2 amide bonds. The Morgan fingerprint density at radius 1 is 0.844 bits per heavy atom. The Bertz CT molecular complexity index is 1220. The zero-order chi connectivity index (χ0) is 32.8. The Balaban J connectivity index is 1.64. The van der Waals surface area contributed by atoms with Gasteiger partial charge in [0.2, 0.25) is 11.8 Å². The maximum absolute atomic E-state index is 13.3. The number of hydrogen-bond donors (Lipinski definition) is 1. The standard InChI is InChI=1S/C40H54N2O2S/c1-8-31(4)39(44)42(7)26-25-30(3)27-32(5)33(6)28-38(43)41-37(9-2)29-45-40(34-19-13-10-14-20-34,35-21-15-11-16-22-35)36-23-17-12-18-24-36/h9-24,30-33,37H,2,8,25-29H2,1,3-7H3,(H,41,43)/t30-,31-,32+,33-,37-/m1/s1. The first-order valence-electron chi connectivity index (χ1n) is 16.6. The maximum atomic E-state index is 13.3. The summed E-state index contributed by atoms with van der Waals surface area (Å²) in [6.45, 7) is 15.6. The molecule has 0 aliphatic carbocycles. The van der Waals surface area contributed by atoms with Crippen LogP contribution in [0.3, 0.4) is 0 Å². The van der Waals surface area contributed by atoms with Crippen molar-refractivity contribution in [1.82, 2.24) is 10.2 Å². The molecule has 0 saturated heterocycles. The van der Waals surface area contributed by atoms with Crippen molar-refractivity contribution in [2.24, 2.45) is 23.7 Å². The Kier molecular flexibility index (Phi) is 14.5. The second-order valence-corrected chi connectivity index (χ2v) is 14.1. The van der Waals surface area contributed by atoms with Crippen LogP contribution >= 0.6 is 11.8 Å². The van der Waals surface area contributed by atoms with E-state index in [2.05, 4.69) is 131 Å². The first-order chi connectivity index (χ1) is 21.6. The van der Waals surface area contributed by atoms with E-state index < -0.39 is 4.75 Å². The molecule has 3 rings (SSSR count). The predicted octanol–water partition coefficient (Wildman–Crippen LogP) is 8.97. The van der Waals surface area contributed by atoms with Crippen LogP contribution < -0.4 is 5.32 Å². The molecule has 0 unspecified atom stereocenters. The van der Waals surface area contributed by atoms with Crippen LogP contribution in [-0.2, 0) is 14.3 Å². The molecule has 1 N–H and O–H groups in total. The van der Waals surface area contributed by atoms with Crippen LogP contribution in [0.2, 0.25) is 0 Å². The minimum Gasteiger partial charge on any atom is -0.349 e. The zero-order valence-corrected chi connectivity index (χ0v) is 29.1. The number of hydrogen-bond acceptors (Lipinski definition) is 3. The lowest BCUT2D eigenvalue weighted by molar-refractivity contribution is -0.134. The third-order valence-electron chi connectivity index (χ3n) is 9.27. The van der Waals surface area contributed by atoms with Gasteiger partial charge in [-0.05, 0) is 53.7 Å². The summed E-state index contributed by atoms with van der Waals surface area (Å²) in [6, 6.07) is 31.7. The first-order valence-corrected chi connectivity index (χ1v) is 17.6. The maximum Gasteiger partial charge on any atom is 0.225 e. The van der Waals surface area contributed by atoms with E-state index in [0.717, 1.165) is 25.8 Å². The molecule has 4 nitrogen and oxygen atoms in total. The van der Waals surface area contributed by atoms with Gasteiger partial charge in [0.1, 0.15) is 0 Å². The SMILES string of the molecule is C=C[C@H](CSC(c1ccccc1)(c1ccccc1)c1ccccc1)NC(=O)C[C@@H](C)[C@@H](C)C[C@H](C)CCN(C)C(=O)[C@H](C)CC. The summed E-state index contributed by atoms with van der Waals surface area (Å²) in [6.07, 6.45) is 5.23. The fraction of sp³-hybridized carbons (Fsp3) is 0.450. The van der Waals surface area contributed by atoms with E-state index >= 15 is 0 Å². The smallest absolute Gasteiger partial charge is 0.225 e. The molecule has 0 heterocycles. The molecular formula is C40H54N2O2S. The van der Waals surface area contributed by atoms with Crippen molar-refractivity contribution >= 4 is 23.6 Å². The Labute approximate surface area is 277 Å². The number of carbonyl (C=O) groups is 2. The third-order valence-corrected chi connectivity index (χ3v) is 10.9. The van der Waals surface area contributed by atoms with E-state index in [4.69, 9.17) is 0 Å². The summed E-state index contributed by atoms with van der Waals surface area (Å²) in [5.74, 6) is 2.19. The van der Waals surface area contributed by atoms with Crippen LogP contribution in [0.25, 0.3) is 0 Å². The minimum absolute atomic E-state index is 0.0659. The minimum atomic E-state index is -0.443. The van der Waals surface area contributed by atoms with Gasteiger partial charge in [-0.25, -0.2) is 0 Å². The lowest BCUT2D eigenvalue weighted by atomic mass is 9.84. The molecule has 0 aliphatic rings. The van der Waals surface area contributed by atoms with Gasteiger partial charge in [0.25, 0.3) is 0 Å². The van der Waals surface area contributed by atoms with Gasteiger partial charge in [-0.15, -0.1) is 18.3 Å². The summed E-state index contributed by atoms with van der Waals surface area (Å²) in [4.78, 5) is 27.6. The van der Waals surface area contributed by atoms with Crippen LogP contribution in [0.1, 0.15) is 77.0 Å². The second-order valence-electron chi connectivity index (χ2n) is 12.9. The third kappa shape index (κ3) is 10.1. The van der Waals surface area contributed by atoms with Crippen LogP contribution in [0.5, 0.6) is 0 Å². The molecule has 0 aromatic heterocycles. The van der Waals surface area contributed by atoms with Crippen LogP contribution in [0.15, 0.2) is 104 Å². The molecule has 5 heteroatoms. The molecule has 0 radical (unpaired) electrons. The fourth-order valence-corrected chi connectivity index (χ4v) is 7.53. The summed E-state index contributed by atoms with van der Waals surface area (Å²) in [5, 5.41) is 3.28. The highest BCUT2D eigenvalue weighted by atomic mass is 32.2. The van der Waals surface area contributed by atoms with E-state index in [1.54, 1.807) is 0 Å². The monoisotopic (exact) mass is 626 g/mol. The molecule has 3 aromatic rings. The molecule has 45 heavy (non-hydrogen) atoms. The lowest BCUT2D eigenvalue weighted by Crippen LogP contribution is -2.38. The number of nitrogens with zero attached hydrogens (tertiary/aromatic N) is 1. The molecule has 0 spiro atoms. The number of benzene rings is 3. The van der Waals surface area contributed by atoms with Crippen molar-refractivity contribution in [2.75, 3.05) is 19.3 Å². The summed E-state index contributed by atoms with van der Waals surface area (Å²) < 4.78 is -0.443. The van der Waals surface area contributed by atoms with E-state index in [1.165, 1.54) is 16.7 Å². The van der Waals surface area contributed by atoms with Crippen molar-refractivity contribution in [3.05, 3.63) is 120 Å². The van der Waals surface area contributed by atoms with Gasteiger partial charge in [0.05, 0.1) is 10.8 Å². The molecule has 0 aliphatic heterocycles. The zero-order valence-electron chi connectivity index (χ0n) is 28.2. The quantitative estimate of drug-likeness (QED) is 0.113. The molecule has 242 valence electrons. The molecule has 3 aromatic carbocycles. The number of nitrogens with one attached hydrogen (secondary N) is 1. The average Bonchev–Trinajstić information content (AvgIpc) is 3.07. The summed E-state index contributed by atoms with van der Waals surface area (Å²) in [7, 11) is 1.91. The normalized spacial score (nSPS) is 14.9. The van der Waals surface area contributed by atoms with E-state index in [1.807, 2.05) is 36.7 Å². The van der Waals surface area contributed by atoms with Gasteiger partial charge in [-0.2, -0.15) is 0 Å². The average molecular weight is 627 g/mol. The van der Waals surface area contributed by atoms with Crippen molar-refractivity contribution in [1.29, 1.82) is 0 Å². The van der Waals surface area contributed by atoms with Crippen molar-refractivity contribution < 1.29 is 9.59 Å². The molecule has 0 bridgehead atoms. The molecule has 0 fully saturated rings. The van der Waals surface area contributed by atoms with Crippen molar-refractivity contribution in [2.45, 2.75) is 71.1 Å². The number of carbonyl (C=O) groups excluding carboxylic acids is 2. The Morgan fingerprint density at radius 2 is 1.33 bits per heavy atom. The van der Waals surface area contributed by atoms with Gasteiger partial charge in [0.15, 0.2) is 0 Å². The molecule has 5 atom stereocenters. The number of amides is 2. The van der Waals surface area contributed by atoms with E-state index in [-0.39, 0.29) is 29.7 Å². The van der Waals surface area contributed by atoms with E-state index in [9.17, 15) is 9.59 Å². The number of rotatable bonds is 18. The highest BCUT2D eigenvalue weighted by Crippen LogP contribution is 2.48. The first kappa shape index (κ1) is 36.2. The van der Waals surface area contributed by atoms with Gasteiger partial charge >= 0.3 is 0 Å². The molecular weight excluding hydrogens is 573 g/mol. The second kappa shape index (κ2) is 18.0. The van der Waals surface area contributed by atoms with Crippen LogP contribution in [0, 0.1) is 23.7 Å². The fourth-order valence-electron chi connectivity index (χ4n) is 5.97. The summed E-state index contributed by atoms with van der Waals surface area (Å²) >= 11 is 1.84. The van der Waals surface area contributed by atoms with E-state index in [0.29, 0.717) is 24.0 Å². The van der Waals surface area contributed by atoms with Crippen molar-refractivity contribution in [3.8, 4) is 0 Å². The highest BCUT2D eigenvalue weighted by molar-refractivity contribution is 8.00. The summed E-state index contributed by atoms with van der Waals surface area (Å²) in [5.41, 5.74) is 3.61. The number of thioether (sulfide) groups is 1. The Morgan fingerprint density at radius 3 is 1.78 bits per heavy atom. The van der Waals surface area contributed by atoms with Gasteiger partial charge in [-0.3, -0.25) is 9.59 Å². The highest BCUT2D eigenvalue weighted by Gasteiger charge is 2.37. The van der Waals surface area contributed by atoms with Gasteiger partial charge in [-0.1, -0.05) is 132 Å². The largest absolute Gasteiger partial charge is 0.349 e.